The average molecular weight is 199 g/mol. The van der Waals surface area contributed by atoms with Crippen LogP contribution in [0.15, 0.2) is 0 Å². The van der Waals surface area contributed by atoms with Gasteiger partial charge in [0.05, 0.1) is 27.7 Å². The van der Waals surface area contributed by atoms with Gasteiger partial charge in [-0.05, 0) is 0 Å². The molecule has 0 aromatic rings. The topological polar surface area (TPSA) is 0 Å². The van der Waals surface area contributed by atoms with Crippen molar-refractivity contribution in [2.75, 3.05) is 27.7 Å². The summed E-state index contributed by atoms with van der Waals surface area (Å²) in [7, 11) is 6.43. The SMILES string of the molecule is C[N+](C)(C)CC(S)Br. The monoisotopic (exact) mass is 198 g/mol. The van der Waals surface area contributed by atoms with E-state index in [2.05, 4.69) is 49.7 Å². The highest BCUT2D eigenvalue weighted by atomic mass is 79.9. The van der Waals surface area contributed by atoms with E-state index < -0.39 is 0 Å². The Balaban J connectivity index is 3.39. The second-order valence-corrected chi connectivity index (χ2v) is 5.34. The van der Waals surface area contributed by atoms with Crippen molar-refractivity contribution in [1.82, 2.24) is 0 Å². The van der Waals surface area contributed by atoms with Gasteiger partial charge in [-0.15, -0.1) is 0 Å². The largest absolute Gasteiger partial charge is 0.329 e. The molecule has 50 valence electrons. The van der Waals surface area contributed by atoms with Crippen molar-refractivity contribution in [2.24, 2.45) is 0 Å². The minimum absolute atomic E-state index is 0.322. The van der Waals surface area contributed by atoms with E-state index in [0.717, 1.165) is 11.0 Å². The van der Waals surface area contributed by atoms with Crippen LogP contribution in [0, 0.1) is 0 Å². The van der Waals surface area contributed by atoms with E-state index in [1.165, 1.54) is 0 Å². The Morgan fingerprint density at radius 1 is 1.50 bits per heavy atom. The molecule has 0 radical (unpaired) electrons. The number of nitrogens with zero attached hydrogens (tertiary/aromatic N) is 1. The Morgan fingerprint density at radius 3 is 1.88 bits per heavy atom. The third kappa shape index (κ3) is 6.79. The molecule has 0 saturated carbocycles. The van der Waals surface area contributed by atoms with Crippen molar-refractivity contribution in [2.45, 2.75) is 4.16 Å². The summed E-state index contributed by atoms with van der Waals surface area (Å²) in [4.78, 5) is 0. The summed E-state index contributed by atoms with van der Waals surface area (Å²) in [6.45, 7) is 1.04. The fourth-order valence-corrected chi connectivity index (χ4v) is 1.81. The Labute approximate surface area is 65.2 Å². The van der Waals surface area contributed by atoms with Gasteiger partial charge in [-0.2, -0.15) is 12.6 Å². The predicted molar refractivity (Wildman–Crippen MR) is 44.6 cm³/mol. The summed E-state index contributed by atoms with van der Waals surface area (Å²) in [6, 6.07) is 0. The van der Waals surface area contributed by atoms with Crippen LogP contribution in [0.25, 0.3) is 0 Å². The molecule has 1 nitrogen and oxygen atoms in total. The smallest absolute Gasteiger partial charge is 0.106 e. The Morgan fingerprint density at radius 2 is 1.88 bits per heavy atom. The standard InChI is InChI=1S/C5H12BrNS/c1-7(2,3)4-5(6)8/h5H,4H2,1-3H3/p+1. The maximum absolute atomic E-state index is 4.19. The van der Waals surface area contributed by atoms with Crippen LogP contribution in [-0.4, -0.2) is 36.3 Å². The third-order valence-electron chi connectivity index (χ3n) is 0.698. The summed E-state index contributed by atoms with van der Waals surface area (Å²) in [5, 5.41) is 0. The third-order valence-corrected chi connectivity index (χ3v) is 1.15. The number of alkyl halides is 1. The van der Waals surface area contributed by atoms with Crippen LogP contribution >= 0.6 is 28.6 Å². The molecule has 0 aliphatic heterocycles. The summed E-state index contributed by atoms with van der Waals surface area (Å²) in [6.07, 6.45) is 0. The van der Waals surface area contributed by atoms with Crippen molar-refractivity contribution in [1.29, 1.82) is 0 Å². The summed E-state index contributed by atoms with van der Waals surface area (Å²) in [5.74, 6) is 0. The lowest BCUT2D eigenvalue weighted by molar-refractivity contribution is -0.868. The Kier molecular flexibility index (Phi) is 3.39. The normalized spacial score (nSPS) is 16.1. The summed E-state index contributed by atoms with van der Waals surface area (Å²) < 4.78 is 1.28. The molecule has 3 heteroatoms. The van der Waals surface area contributed by atoms with Gasteiger partial charge >= 0.3 is 0 Å². The van der Waals surface area contributed by atoms with Gasteiger partial charge in [-0.25, -0.2) is 0 Å². The maximum Gasteiger partial charge on any atom is 0.106 e. The predicted octanol–water partition coefficient (Wildman–Crippen LogP) is 1.34. The summed E-state index contributed by atoms with van der Waals surface area (Å²) in [5.41, 5.74) is 0. The molecule has 0 saturated heterocycles. The zero-order valence-electron chi connectivity index (χ0n) is 5.56. The lowest BCUT2D eigenvalue weighted by atomic mass is 10.6. The second-order valence-electron chi connectivity index (χ2n) is 2.91. The zero-order valence-corrected chi connectivity index (χ0v) is 8.04. The van der Waals surface area contributed by atoms with E-state index in [-0.39, 0.29) is 0 Å². The highest BCUT2D eigenvalue weighted by Gasteiger charge is 2.10. The first-order valence-electron chi connectivity index (χ1n) is 2.54. The van der Waals surface area contributed by atoms with Gasteiger partial charge < -0.3 is 4.48 Å². The van der Waals surface area contributed by atoms with Gasteiger partial charge in [-0.1, -0.05) is 15.9 Å². The van der Waals surface area contributed by atoms with E-state index in [9.17, 15) is 0 Å². The van der Waals surface area contributed by atoms with Gasteiger partial charge in [0.2, 0.25) is 0 Å². The molecule has 0 fully saturated rings. The molecular weight excluding hydrogens is 186 g/mol. The molecule has 0 bridgehead atoms. The fourth-order valence-electron chi connectivity index (χ4n) is 0.452. The van der Waals surface area contributed by atoms with Crippen LogP contribution in [0.2, 0.25) is 0 Å². The number of hydrogen-bond donors (Lipinski definition) is 1. The quantitative estimate of drug-likeness (QED) is 0.387. The lowest BCUT2D eigenvalue weighted by Gasteiger charge is -2.24. The Hall–Kier alpha value is 0.790. The second kappa shape index (κ2) is 3.08. The molecule has 0 heterocycles. The van der Waals surface area contributed by atoms with Crippen molar-refractivity contribution in [3.8, 4) is 0 Å². The first-order valence-corrected chi connectivity index (χ1v) is 3.97. The number of thiol groups is 1. The molecule has 0 aromatic carbocycles. The first kappa shape index (κ1) is 8.79. The summed E-state index contributed by atoms with van der Waals surface area (Å²) >= 11 is 7.55. The first-order chi connectivity index (χ1) is 3.42. The van der Waals surface area contributed by atoms with E-state index in [0.29, 0.717) is 4.16 Å². The van der Waals surface area contributed by atoms with Crippen LogP contribution in [0.3, 0.4) is 0 Å². The van der Waals surface area contributed by atoms with Gasteiger partial charge in [0.15, 0.2) is 0 Å². The minimum atomic E-state index is 0.322. The lowest BCUT2D eigenvalue weighted by Crippen LogP contribution is -2.38. The molecular formula is C5H13BrNS+. The van der Waals surface area contributed by atoms with Crippen molar-refractivity contribution < 1.29 is 4.48 Å². The zero-order chi connectivity index (χ0) is 6.78. The number of hydrogen-bond acceptors (Lipinski definition) is 1. The van der Waals surface area contributed by atoms with Crippen LogP contribution < -0.4 is 0 Å². The van der Waals surface area contributed by atoms with Crippen molar-refractivity contribution in [3.05, 3.63) is 0 Å². The van der Waals surface area contributed by atoms with Gasteiger partial charge in [0.25, 0.3) is 0 Å². The van der Waals surface area contributed by atoms with Crippen molar-refractivity contribution >= 4 is 28.6 Å². The van der Waals surface area contributed by atoms with Crippen molar-refractivity contribution in [3.63, 3.8) is 0 Å². The molecule has 1 unspecified atom stereocenters. The van der Waals surface area contributed by atoms with Gasteiger partial charge in [0, 0.05) is 0 Å². The van der Waals surface area contributed by atoms with Crippen LogP contribution in [0.1, 0.15) is 0 Å². The average Bonchev–Trinajstić information content (AvgIpc) is 1.21. The molecule has 0 N–H and O–H groups in total. The molecule has 0 amide bonds. The number of quaternary nitrogens is 1. The van der Waals surface area contributed by atoms with Crippen LogP contribution in [0.4, 0.5) is 0 Å². The molecule has 0 rings (SSSR count). The maximum atomic E-state index is 4.19. The van der Waals surface area contributed by atoms with Crippen LogP contribution in [-0.2, 0) is 0 Å². The minimum Gasteiger partial charge on any atom is -0.329 e. The molecule has 0 aromatic heterocycles. The molecule has 0 aliphatic carbocycles. The molecule has 0 aliphatic rings. The van der Waals surface area contributed by atoms with E-state index in [1.807, 2.05) is 0 Å². The molecule has 8 heavy (non-hydrogen) atoms. The number of halogens is 1. The van der Waals surface area contributed by atoms with E-state index in [1.54, 1.807) is 0 Å². The van der Waals surface area contributed by atoms with Gasteiger partial charge in [0.1, 0.15) is 4.16 Å². The highest BCUT2D eigenvalue weighted by Crippen LogP contribution is 2.07. The van der Waals surface area contributed by atoms with E-state index in [4.69, 9.17) is 0 Å². The van der Waals surface area contributed by atoms with E-state index >= 15 is 0 Å². The van der Waals surface area contributed by atoms with Crippen LogP contribution in [0.5, 0.6) is 0 Å². The molecule has 1 atom stereocenters. The van der Waals surface area contributed by atoms with Gasteiger partial charge in [-0.3, -0.25) is 0 Å². The molecule has 0 spiro atoms. The fraction of sp³-hybridized carbons (Fsp3) is 1.00. The number of rotatable bonds is 2. The Bertz CT molecular complexity index is 67.3. The highest BCUT2D eigenvalue weighted by molar-refractivity contribution is 9.11.